The molecule has 2 aliphatic rings. The lowest BCUT2D eigenvalue weighted by molar-refractivity contribution is 0.0811. The van der Waals surface area contributed by atoms with Crippen LogP contribution in [0.2, 0.25) is 0 Å². The van der Waals surface area contributed by atoms with Crippen molar-refractivity contribution in [2.75, 3.05) is 26.2 Å². The average Bonchev–Trinajstić information content (AvgIpc) is 2.38. The summed E-state index contributed by atoms with van der Waals surface area (Å²) in [5, 5.41) is 3.39. The molecule has 1 saturated heterocycles. The van der Waals surface area contributed by atoms with Crippen molar-refractivity contribution in [2.45, 2.75) is 25.3 Å². The predicted octanol–water partition coefficient (Wildman–Crippen LogP) is 3.18. The lowest BCUT2D eigenvalue weighted by Crippen LogP contribution is -2.48. The van der Waals surface area contributed by atoms with Crippen LogP contribution in [0, 0.1) is 15.3 Å². The molecule has 1 N–H and O–H groups in total. The van der Waals surface area contributed by atoms with E-state index in [4.69, 9.17) is 0 Å². The van der Waals surface area contributed by atoms with Crippen molar-refractivity contribution < 1.29 is 4.39 Å². The molecule has 3 rings (SSSR count). The SMILES string of the molecule is Fc1ccc(I)cc1[C@H](C1CCC1)N1CCNCC1. The number of hydrogen-bond acceptors (Lipinski definition) is 2. The highest BCUT2D eigenvalue weighted by Gasteiger charge is 2.35. The minimum absolute atomic E-state index is 0.0316. The summed E-state index contributed by atoms with van der Waals surface area (Å²) >= 11 is 2.28. The van der Waals surface area contributed by atoms with Crippen LogP contribution < -0.4 is 5.32 Å². The third-order valence-electron chi connectivity index (χ3n) is 4.42. The van der Waals surface area contributed by atoms with E-state index in [0.717, 1.165) is 35.3 Å². The van der Waals surface area contributed by atoms with Gasteiger partial charge in [-0.3, -0.25) is 4.90 Å². The van der Waals surface area contributed by atoms with E-state index >= 15 is 0 Å². The molecule has 104 valence electrons. The lowest BCUT2D eigenvalue weighted by Gasteiger charge is -2.43. The predicted molar refractivity (Wildman–Crippen MR) is 83.6 cm³/mol. The van der Waals surface area contributed by atoms with Crippen LogP contribution in [0.4, 0.5) is 4.39 Å². The highest BCUT2D eigenvalue weighted by atomic mass is 127. The number of hydrogen-bond donors (Lipinski definition) is 1. The minimum Gasteiger partial charge on any atom is -0.314 e. The Bertz CT molecular complexity index is 442. The highest BCUT2D eigenvalue weighted by molar-refractivity contribution is 14.1. The van der Waals surface area contributed by atoms with Gasteiger partial charge in [0.1, 0.15) is 5.82 Å². The molecule has 1 atom stereocenters. The van der Waals surface area contributed by atoms with Crippen LogP contribution in [0.25, 0.3) is 0 Å². The maximum Gasteiger partial charge on any atom is 0.128 e. The second-order valence-electron chi connectivity index (χ2n) is 5.59. The van der Waals surface area contributed by atoms with Gasteiger partial charge in [-0.1, -0.05) is 6.42 Å². The molecule has 0 unspecified atom stereocenters. The van der Waals surface area contributed by atoms with E-state index in [1.807, 2.05) is 12.1 Å². The summed E-state index contributed by atoms with van der Waals surface area (Å²) in [6, 6.07) is 5.81. The molecule has 1 heterocycles. The maximum atomic E-state index is 14.2. The molecule has 0 aromatic heterocycles. The van der Waals surface area contributed by atoms with Gasteiger partial charge in [-0.05, 0) is 59.5 Å². The summed E-state index contributed by atoms with van der Waals surface area (Å²) in [6.45, 7) is 4.11. The van der Waals surface area contributed by atoms with Crippen LogP contribution in [0.5, 0.6) is 0 Å². The fourth-order valence-corrected chi connectivity index (χ4v) is 3.72. The van der Waals surface area contributed by atoms with E-state index in [-0.39, 0.29) is 11.9 Å². The van der Waals surface area contributed by atoms with Gasteiger partial charge in [0, 0.05) is 41.4 Å². The first-order valence-electron chi connectivity index (χ1n) is 7.15. The highest BCUT2D eigenvalue weighted by Crippen LogP contribution is 2.42. The number of piperazine rings is 1. The first-order valence-corrected chi connectivity index (χ1v) is 8.23. The zero-order valence-electron chi connectivity index (χ0n) is 11.0. The second kappa shape index (κ2) is 6.06. The third-order valence-corrected chi connectivity index (χ3v) is 5.09. The summed E-state index contributed by atoms with van der Waals surface area (Å²) in [5.41, 5.74) is 0.915. The molecular formula is C15H20FIN2. The molecule has 0 bridgehead atoms. The van der Waals surface area contributed by atoms with Crippen LogP contribution in [0.3, 0.4) is 0 Å². The molecule has 1 saturated carbocycles. The molecule has 0 amide bonds. The van der Waals surface area contributed by atoms with Gasteiger partial charge >= 0.3 is 0 Å². The van der Waals surface area contributed by atoms with Crippen LogP contribution in [0.1, 0.15) is 30.9 Å². The Balaban J connectivity index is 1.90. The van der Waals surface area contributed by atoms with Gasteiger partial charge in [0.15, 0.2) is 0 Å². The number of nitrogens with one attached hydrogen (secondary N) is 1. The molecule has 1 aliphatic carbocycles. The molecule has 0 radical (unpaired) electrons. The number of nitrogens with zero attached hydrogens (tertiary/aromatic N) is 1. The van der Waals surface area contributed by atoms with Crippen LogP contribution in [-0.4, -0.2) is 31.1 Å². The Hall–Kier alpha value is -0.200. The fraction of sp³-hybridized carbons (Fsp3) is 0.600. The molecule has 1 aliphatic heterocycles. The summed E-state index contributed by atoms with van der Waals surface area (Å²) < 4.78 is 15.4. The van der Waals surface area contributed by atoms with Crippen LogP contribution >= 0.6 is 22.6 Å². The molecule has 19 heavy (non-hydrogen) atoms. The van der Waals surface area contributed by atoms with Crippen molar-refractivity contribution in [3.05, 3.63) is 33.1 Å². The quantitative estimate of drug-likeness (QED) is 0.818. The van der Waals surface area contributed by atoms with E-state index in [0.29, 0.717) is 5.92 Å². The van der Waals surface area contributed by atoms with Crippen molar-refractivity contribution >= 4 is 22.6 Å². The largest absolute Gasteiger partial charge is 0.314 e. The normalized spacial score (nSPS) is 23.1. The van der Waals surface area contributed by atoms with Gasteiger partial charge < -0.3 is 5.32 Å². The fourth-order valence-electron chi connectivity index (χ4n) is 3.21. The van der Waals surface area contributed by atoms with E-state index in [9.17, 15) is 4.39 Å². The molecule has 0 spiro atoms. The maximum absolute atomic E-state index is 14.2. The van der Waals surface area contributed by atoms with Crippen molar-refractivity contribution in [3.63, 3.8) is 0 Å². The zero-order valence-corrected chi connectivity index (χ0v) is 13.2. The van der Waals surface area contributed by atoms with Gasteiger partial charge in [-0.2, -0.15) is 0 Å². The Kier molecular flexibility index (Phi) is 4.39. The molecule has 1 aromatic rings. The first kappa shape index (κ1) is 13.8. The molecule has 2 fully saturated rings. The summed E-state index contributed by atoms with van der Waals surface area (Å²) in [7, 11) is 0. The van der Waals surface area contributed by atoms with Crippen LogP contribution in [0.15, 0.2) is 18.2 Å². The Labute approximate surface area is 127 Å². The van der Waals surface area contributed by atoms with Crippen molar-refractivity contribution in [1.29, 1.82) is 0 Å². The Morgan fingerprint density at radius 1 is 1.26 bits per heavy atom. The standard InChI is InChI=1S/C15H20FIN2/c16-14-5-4-12(17)10-13(14)15(11-2-1-3-11)19-8-6-18-7-9-19/h4-5,10-11,15,18H,1-3,6-9H2/t15-/m0/s1. The summed E-state index contributed by atoms with van der Waals surface area (Å²) in [5.74, 6) is 0.613. The first-order chi connectivity index (χ1) is 9.25. The molecule has 1 aromatic carbocycles. The topological polar surface area (TPSA) is 15.3 Å². The number of rotatable bonds is 3. The van der Waals surface area contributed by atoms with Gasteiger partial charge in [0.05, 0.1) is 0 Å². The van der Waals surface area contributed by atoms with Crippen LogP contribution in [-0.2, 0) is 0 Å². The van der Waals surface area contributed by atoms with E-state index in [2.05, 4.69) is 32.8 Å². The number of benzene rings is 1. The van der Waals surface area contributed by atoms with Crippen molar-refractivity contribution in [1.82, 2.24) is 10.2 Å². The van der Waals surface area contributed by atoms with E-state index < -0.39 is 0 Å². The van der Waals surface area contributed by atoms with Crippen molar-refractivity contribution in [2.24, 2.45) is 5.92 Å². The summed E-state index contributed by atoms with van der Waals surface area (Å²) in [6.07, 6.45) is 3.80. The molecule has 4 heteroatoms. The second-order valence-corrected chi connectivity index (χ2v) is 6.83. The summed E-state index contributed by atoms with van der Waals surface area (Å²) in [4.78, 5) is 2.48. The Morgan fingerprint density at radius 2 is 2.00 bits per heavy atom. The van der Waals surface area contributed by atoms with Gasteiger partial charge in [-0.15, -0.1) is 0 Å². The zero-order chi connectivity index (χ0) is 13.2. The van der Waals surface area contributed by atoms with Gasteiger partial charge in [0.25, 0.3) is 0 Å². The van der Waals surface area contributed by atoms with Gasteiger partial charge in [0.2, 0.25) is 0 Å². The lowest BCUT2D eigenvalue weighted by atomic mass is 9.76. The smallest absolute Gasteiger partial charge is 0.128 e. The Morgan fingerprint density at radius 3 is 2.63 bits per heavy atom. The monoisotopic (exact) mass is 374 g/mol. The van der Waals surface area contributed by atoms with Gasteiger partial charge in [-0.25, -0.2) is 4.39 Å². The van der Waals surface area contributed by atoms with Crippen molar-refractivity contribution in [3.8, 4) is 0 Å². The third kappa shape index (κ3) is 2.95. The molecular weight excluding hydrogens is 354 g/mol. The minimum atomic E-state index is -0.0316. The molecule has 2 nitrogen and oxygen atoms in total. The average molecular weight is 374 g/mol. The van der Waals surface area contributed by atoms with E-state index in [1.165, 1.54) is 19.3 Å². The number of halogens is 2. The van der Waals surface area contributed by atoms with E-state index in [1.54, 1.807) is 6.07 Å².